The van der Waals surface area contributed by atoms with E-state index in [9.17, 15) is 0 Å². The molecule has 0 spiro atoms. The van der Waals surface area contributed by atoms with E-state index in [1.54, 1.807) is 0 Å². The van der Waals surface area contributed by atoms with Crippen LogP contribution in [0.5, 0.6) is 0 Å². The number of nitrogens with zero attached hydrogens (tertiary/aromatic N) is 7. The predicted octanol–water partition coefficient (Wildman–Crippen LogP) is 6.55. The molecule has 1 fully saturated rings. The molecule has 1 saturated heterocycles. The maximum absolute atomic E-state index is 6.25. The molecule has 0 aliphatic carbocycles. The summed E-state index contributed by atoms with van der Waals surface area (Å²) in [6, 6.07) is 25.1. The van der Waals surface area contributed by atoms with Crippen LogP contribution in [0, 0.1) is 0 Å². The normalized spacial score (nSPS) is 14.7. The number of aromatic nitrogens is 2. The van der Waals surface area contributed by atoms with Crippen molar-refractivity contribution in [2.75, 3.05) is 85.4 Å². The molecule has 0 bridgehead atoms. The van der Waals surface area contributed by atoms with Crippen LogP contribution in [0.2, 0.25) is 10.0 Å². The molecule has 0 atom stereocenters. The van der Waals surface area contributed by atoms with Crippen LogP contribution in [0.1, 0.15) is 35.8 Å². The van der Waals surface area contributed by atoms with Gasteiger partial charge in [-0.15, -0.1) is 0 Å². The van der Waals surface area contributed by atoms with Gasteiger partial charge in [-0.3, -0.25) is 9.80 Å². The van der Waals surface area contributed by atoms with Crippen LogP contribution >= 0.6 is 23.2 Å². The molecule has 0 unspecified atom stereocenters. The molecule has 1 aliphatic heterocycles. The second-order valence-corrected chi connectivity index (χ2v) is 13.5. The lowest BCUT2D eigenvalue weighted by Gasteiger charge is -2.39. The summed E-state index contributed by atoms with van der Waals surface area (Å²) in [4.78, 5) is 22.4. The van der Waals surface area contributed by atoms with Crippen LogP contribution in [0.3, 0.4) is 0 Å². The molecular weight excluding hydrogens is 601 g/mol. The molecule has 3 aromatic carbocycles. The fraction of sp³-hybridized carbons (Fsp3) is 0.444. The number of piperazine rings is 1. The van der Waals surface area contributed by atoms with Crippen LogP contribution in [0.15, 0.2) is 72.8 Å². The Bertz CT molecular complexity index is 1430. The van der Waals surface area contributed by atoms with E-state index in [0.717, 1.165) is 104 Å². The minimum atomic E-state index is 0.142. The molecule has 5 rings (SSSR count). The maximum atomic E-state index is 6.25. The zero-order valence-corrected chi connectivity index (χ0v) is 28.7. The molecule has 0 amide bonds. The summed E-state index contributed by atoms with van der Waals surface area (Å²) in [5.74, 6) is 1.96. The van der Waals surface area contributed by atoms with Gasteiger partial charge < -0.3 is 14.7 Å². The highest BCUT2D eigenvalue weighted by Crippen LogP contribution is 2.32. The van der Waals surface area contributed by atoms with Gasteiger partial charge in [0, 0.05) is 54.7 Å². The van der Waals surface area contributed by atoms with Gasteiger partial charge in [0.25, 0.3) is 0 Å². The smallest absolute Gasteiger partial charge is 0.145 e. The van der Waals surface area contributed by atoms with Crippen molar-refractivity contribution in [1.29, 1.82) is 0 Å². The highest BCUT2D eigenvalue weighted by Gasteiger charge is 2.27. The van der Waals surface area contributed by atoms with Crippen LogP contribution in [-0.4, -0.2) is 110 Å². The number of benzene rings is 3. The van der Waals surface area contributed by atoms with Gasteiger partial charge in [0.1, 0.15) is 11.6 Å². The van der Waals surface area contributed by atoms with Gasteiger partial charge in [-0.2, -0.15) is 0 Å². The van der Waals surface area contributed by atoms with Crippen molar-refractivity contribution in [1.82, 2.24) is 29.6 Å². The minimum Gasteiger partial charge on any atom is -0.356 e. The second-order valence-electron chi connectivity index (χ2n) is 12.6. The molecule has 0 radical (unpaired) electrons. The van der Waals surface area contributed by atoms with Crippen molar-refractivity contribution in [2.24, 2.45) is 0 Å². The second kappa shape index (κ2) is 16.2. The number of para-hydroxylation sites is 1. The molecule has 240 valence electrons. The Morgan fingerprint density at radius 1 is 0.667 bits per heavy atom. The van der Waals surface area contributed by atoms with Crippen molar-refractivity contribution < 1.29 is 0 Å². The van der Waals surface area contributed by atoms with E-state index >= 15 is 0 Å². The molecule has 2 heterocycles. The summed E-state index contributed by atoms with van der Waals surface area (Å²) in [6.45, 7) is 8.56. The van der Waals surface area contributed by atoms with Gasteiger partial charge in [-0.25, -0.2) is 9.97 Å². The van der Waals surface area contributed by atoms with E-state index < -0.39 is 0 Å². The van der Waals surface area contributed by atoms with Crippen LogP contribution in [0.4, 0.5) is 5.82 Å². The topological polar surface area (TPSA) is 42.0 Å². The van der Waals surface area contributed by atoms with Gasteiger partial charge in [0.15, 0.2) is 0 Å². The Labute approximate surface area is 279 Å². The lowest BCUT2D eigenvalue weighted by atomic mass is 9.96. The van der Waals surface area contributed by atoms with Crippen molar-refractivity contribution >= 4 is 39.9 Å². The number of hydrogen-bond donors (Lipinski definition) is 0. The number of rotatable bonds is 14. The van der Waals surface area contributed by atoms with Crippen LogP contribution < -0.4 is 4.90 Å². The molecule has 45 heavy (non-hydrogen) atoms. The molecule has 1 aliphatic rings. The van der Waals surface area contributed by atoms with Crippen molar-refractivity contribution in [2.45, 2.75) is 25.4 Å². The zero-order valence-electron chi connectivity index (χ0n) is 27.2. The molecule has 4 aromatic rings. The Balaban J connectivity index is 1.33. The summed E-state index contributed by atoms with van der Waals surface area (Å²) in [5, 5.41) is 2.64. The maximum Gasteiger partial charge on any atom is 0.145 e. The zero-order chi connectivity index (χ0) is 31.8. The fourth-order valence-corrected chi connectivity index (χ4v) is 6.43. The van der Waals surface area contributed by atoms with Gasteiger partial charge in [-0.05, 0) is 102 Å². The lowest BCUT2D eigenvalue weighted by Crippen LogP contribution is -2.47. The Morgan fingerprint density at radius 2 is 1.20 bits per heavy atom. The highest BCUT2D eigenvalue weighted by molar-refractivity contribution is 6.30. The van der Waals surface area contributed by atoms with E-state index in [1.165, 1.54) is 11.1 Å². The van der Waals surface area contributed by atoms with E-state index in [2.05, 4.69) is 101 Å². The number of anilines is 1. The SMILES string of the molecule is CN(C)CCCN(CCCN(C)C)c1nc(CN2CCN(C(c3ccc(Cl)cc3)c3ccc(Cl)cc3)CC2)nc2ccccc12. The molecule has 1 aromatic heterocycles. The predicted molar refractivity (Wildman–Crippen MR) is 190 cm³/mol. The average molecular weight is 649 g/mol. The van der Waals surface area contributed by atoms with E-state index in [1.807, 2.05) is 24.3 Å². The van der Waals surface area contributed by atoms with E-state index in [4.69, 9.17) is 33.2 Å². The number of halogens is 2. The quantitative estimate of drug-likeness (QED) is 0.154. The van der Waals surface area contributed by atoms with Gasteiger partial charge in [0.2, 0.25) is 0 Å². The van der Waals surface area contributed by atoms with Crippen molar-refractivity contribution in [3.05, 3.63) is 99.8 Å². The molecule has 0 saturated carbocycles. The van der Waals surface area contributed by atoms with Crippen molar-refractivity contribution in [3.8, 4) is 0 Å². The molecule has 7 nitrogen and oxygen atoms in total. The third-order valence-corrected chi connectivity index (χ3v) is 9.01. The first-order chi connectivity index (χ1) is 21.8. The molecule has 9 heteroatoms. The van der Waals surface area contributed by atoms with Crippen LogP contribution in [-0.2, 0) is 6.54 Å². The van der Waals surface area contributed by atoms with E-state index in [0.29, 0.717) is 0 Å². The largest absolute Gasteiger partial charge is 0.356 e. The summed E-state index contributed by atoms with van der Waals surface area (Å²) in [6.07, 6.45) is 2.18. The fourth-order valence-electron chi connectivity index (χ4n) is 6.18. The number of fused-ring (bicyclic) bond motifs is 1. The summed E-state index contributed by atoms with van der Waals surface area (Å²) < 4.78 is 0. The summed E-state index contributed by atoms with van der Waals surface area (Å²) in [5.41, 5.74) is 3.49. The van der Waals surface area contributed by atoms with E-state index in [-0.39, 0.29) is 6.04 Å². The molecule has 0 N–H and O–H groups in total. The van der Waals surface area contributed by atoms with Crippen molar-refractivity contribution in [3.63, 3.8) is 0 Å². The minimum absolute atomic E-state index is 0.142. The summed E-state index contributed by atoms with van der Waals surface area (Å²) >= 11 is 12.5. The summed E-state index contributed by atoms with van der Waals surface area (Å²) in [7, 11) is 8.56. The van der Waals surface area contributed by atoms with Gasteiger partial charge in [-0.1, -0.05) is 59.6 Å². The lowest BCUT2D eigenvalue weighted by molar-refractivity contribution is 0.103. The third-order valence-electron chi connectivity index (χ3n) is 8.50. The Kier molecular flexibility index (Phi) is 12.1. The Hall–Kier alpha value is -2.78. The highest BCUT2D eigenvalue weighted by atomic mass is 35.5. The molecular formula is C36H47Cl2N7. The van der Waals surface area contributed by atoms with Gasteiger partial charge >= 0.3 is 0 Å². The Morgan fingerprint density at radius 3 is 1.73 bits per heavy atom. The monoisotopic (exact) mass is 647 g/mol. The standard InChI is InChI=1S/C36H47Cl2N7/c1-41(2)19-7-21-45(22-8-20-42(3)4)36-32-9-5-6-10-33(32)39-34(40-36)27-43-23-25-44(26-24-43)35(28-11-15-30(37)16-12-28)29-13-17-31(38)18-14-29/h5-6,9-18,35H,7-8,19-27H2,1-4H3. The van der Waals surface area contributed by atoms with Crippen LogP contribution in [0.25, 0.3) is 10.9 Å². The third kappa shape index (κ3) is 9.38. The first-order valence-corrected chi connectivity index (χ1v) is 16.8. The average Bonchev–Trinajstić information content (AvgIpc) is 3.02. The first kappa shape index (κ1) is 33.6. The number of hydrogen-bond acceptors (Lipinski definition) is 7. The first-order valence-electron chi connectivity index (χ1n) is 16.0. The van der Waals surface area contributed by atoms with Gasteiger partial charge in [0.05, 0.1) is 18.1 Å².